The van der Waals surface area contributed by atoms with E-state index in [0.29, 0.717) is 19.4 Å². The Balaban J connectivity index is 1.55. The molecule has 1 aromatic carbocycles. The molecular formula is C20H24N4O4S. The van der Waals surface area contributed by atoms with Crippen LogP contribution in [0.4, 0.5) is 0 Å². The van der Waals surface area contributed by atoms with Crippen molar-refractivity contribution >= 4 is 21.8 Å². The van der Waals surface area contributed by atoms with Crippen LogP contribution in [0.2, 0.25) is 0 Å². The summed E-state index contributed by atoms with van der Waals surface area (Å²) in [7, 11) is -3.64. The van der Waals surface area contributed by atoms with E-state index in [0.717, 1.165) is 11.1 Å². The van der Waals surface area contributed by atoms with Gasteiger partial charge < -0.3 is 10.6 Å². The summed E-state index contributed by atoms with van der Waals surface area (Å²) in [6, 6.07) is 9.84. The lowest BCUT2D eigenvalue weighted by atomic mass is 10.2. The SMILES string of the molecule is Cc1ccc(S(=O)(=O)N2CCC[C@@H]2CNC(=O)C(=O)NCc2cccnc2)cc1. The van der Waals surface area contributed by atoms with Crippen LogP contribution >= 0.6 is 0 Å². The van der Waals surface area contributed by atoms with Gasteiger partial charge in [0.1, 0.15) is 0 Å². The van der Waals surface area contributed by atoms with Gasteiger partial charge >= 0.3 is 11.8 Å². The van der Waals surface area contributed by atoms with Gasteiger partial charge in [-0.2, -0.15) is 4.31 Å². The van der Waals surface area contributed by atoms with Gasteiger partial charge in [-0.25, -0.2) is 8.42 Å². The van der Waals surface area contributed by atoms with Gasteiger partial charge in [0.25, 0.3) is 0 Å². The van der Waals surface area contributed by atoms with Gasteiger partial charge in [-0.15, -0.1) is 0 Å². The Morgan fingerprint density at radius 1 is 1.14 bits per heavy atom. The number of rotatable bonds is 6. The van der Waals surface area contributed by atoms with E-state index < -0.39 is 21.8 Å². The van der Waals surface area contributed by atoms with Crippen LogP contribution in [0.5, 0.6) is 0 Å². The van der Waals surface area contributed by atoms with Crippen molar-refractivity contribution in [2.24, 2.45) is 0 Å². The lowest BCUT2D eigenvalue weighted by molar-refractivity contribution is -0.139. The number of amides is 2. The highest BCUT2D eigenvalue weighted by molar-refractivity contribution is 7.89. The van der Waals surface area contributed by atoms with Crippen LogP contribution in [0.1, 0.15) is 24.0 Å². The Morgan fingerprint density at radius 2 is 1.86 bits per heavy atom. The second-order valence-corrected chi connectivity index (χ2v) is 8.87. The molecule has 1 aliphatic heterocycles. The van der Waals surface area contributed by atoms with Gasteiger partial charge in [-0.1, -0.05) is 23.8 Å². The Labute approximate surface area is 170 Å². The van der Waals surface area contributed by atoms with Crippen LogP contribution < -0.4 is 10.6 Å². The molecule has 29 heavy (non-hydrogen) atoms. The zero-order chi connectivity index (χ0) is 20.9. The molecule has 2 heterocycles. The first-order chi connectivity index (χ1) is 13.9. The number of aromatic nitrogens is 1. The first kappa shape index (κ1) is 20.9. The highest BCUT2D eigenvalue weighted by Gasteiger charge is 2.35. The molecule has 1 saturated heterocycles. The predicted molar refractivity (Wildman–Crippen MR) is 107 cm³/mol. The highest BCUT2D eigenvalue weighted by atomic mass is 32.2. The molecule has 9 heteroatoms. The van der Waals surface area contributed by atoms with Gasteiger partial charge in [0.05, 0.1) is 4.90 Å². The fourth-order valence-electron chi connectivity index (χ4n) is 3.23. The Morgan fingerprint density at radius 3 is 2.55 bits per heavy atom. The number of carbonyl (C=O) groups excluding carboxylic acids is 2. The van der Waals surface area contributed by atoms with Crippen LogP contribution in [0.25, 0.3) is 0 Å². The molecule has 8 nitrogen and oxygen atoms in total. The number of pyridine rings is 1. The van der Waals surface area contributed by atoms with Crippen LogP contribution in [-0.2, 0) is 26.2 Å². The summed E-state index contributed by atoms with van der Waals surface area (Å²) in [6.07, 6.45) is 4.56. The zero-order valence-electron chi connectivity index (χ0n) is 16.2. The minimum Gasteiger partial charge on any atom is -0.346 e. The van der Waals surface area contributed by atoms with E-state index in [9.17, 15) is 18.0 Å². The summed E-state index contributed by atoms with van der Waals surface area (Å²) >= 11 is 0. The monoisotopic (exact) mass is 416 g/mol. The largest absolute Gasteiger partial charge is 0.346 e. The Hall–Kier alpha value is -2.78. The van der Waals surface area contributed by atoms with Crippen LogP contribution in [0.15, 0.2) is 53.7 Å². The van der Waals surface area contributed by atoms with Crippen molar-refractivity contribution in [3.05, 3.63) is 59.9 Å². The summed E-state index contributed by atoms with van der Waals surface area (Å²) in [5.41, 5.74) is 1.76. The maximum Gasteiger partial charge on any atom is 0.309 e. The van der Waals surface area contributed by atoms with Gasteiger partial charge in [-0.05, 0) is 43.5 Å². The minimum atomic E-state index is -3.64. The third-order valence-electron chi connectivity index (χ3n) is 4.83. The first-order valence-corrected chi connectivity index (χ1v) is 10.9. The van der Waals surface area contributed by atoms with E-state index in [4.69, 9.17) is 0 Å². The molecule has 0 bridgehead atoms. The van der Waals surface area contributed by atoms with Crippen molar-refractivity contribution in [1.82, 2.24) is 19.9 Å². The van der Waals surface area contributed by atoms with Crippen molar-refractivity contribution < 1.29 is 18.0 Å². The van der Waals surface area contributed by atoms with Crippen LogP contribution in [-0.4, -0.2) is 48.7 Å². The fraction of sp³-hybridized carbons (Fsp3) is 0.350. The summed E-state index contributed by atoms with van der Waals surface area (Å²) in [5.74, 6) is -1.55. The van der Waals surface area contributed by atoms with Crippen molar-refractivity contribution in [1.29, 1.82) is 0 Å². The fourth-order valence-corrected chi connectivity index (χ4v) is 4.92. The molecule has 1 atom stereocenters. The number of benzene rings is 1. The first-order valence-electron chi connectivity index (χ1n) is 9.41. The second-order valence-electron chi connectivity index (χ2n) is 6.98. The van der Waals surface area contributed by atoms with Gasteiger partial charge in [0, 0.05) is 38.1 Å². The number of carbonyl (C=O) groups is 2. The lowest BCUT2D eigenvalue weighted by Crippen LogP contribution is -2.46. The van der Waals surface area contributed by atoms with Crippen molar-refractivity contribution in [2.75, 3.05) is 13.1 Å². The van der Waals surface area contributed by atoms with Crippen LogP contribution in [0.3, 0.4) is 0 Å². The quantitative estimate of drug-likeness (QED) is 0.683. The smallest absolute Gasteiger partial charge is 0.309 e. The van der Waals surface area contributed by atoms with Crippen LogP contribution in [0, 0.1) is 6.92 Å². The van der Waals surface area contributed by atoms with Gasteiger partial charge in [0.2, 0.25) is 10.0 Å². The van der Waals surface area contributed by atoms with E-state index in [2.05, 4.69) is 15.6 Å². The van der Waals surface area contributed by atoms with E-state index >= 15 is 0 Å². The maximum absolute atomic E-state index is 12.9. The molecule has 0 spiro atoms. The number of sulfonamides is 1. The second kappa shape index (κ2) is 9.15. The molecule has 2 amide bonds. The molecule has 2 aromatic rings. The molecule has 1 fully saturated rings. The van der Waals surface area contributed by atoms with E-state index in [-0.39, 0.29) is 24.0 Å². The Bertz CT molecular complexity index is 962. The Kier molecular flexibility index (Phi) is 6.60. The predicted octanol–water partition coefficient (Wildman–Crippen LogP) is 0.976. The number of nitrogens with one attached hydrogen (secondary N) is 2. The summed E-state index contributed by atoms with van der Waals surface area (Å²) < 4.78 is 27.3. The topological polar surface area (TPSA) is 108 Å². The minimum absolute atomic E-state index is 0.0875. The average Bonchev–Trinajstić information content (AvgIpc) is 3.21. The molecule has 1 aromatic heterocycles. The molecule has 3 rings (SSSR count). The average molecular weight is 417 g/mol. The van der Waals surface area contributed by atoms with Gasteiger partial charge in [0.15, 0.2) is 0 Å². The summed E-state index contributed by atoms with van der Waals surface area (Å²) in [5, 5.41) is 5.07. The molecule has 0 aliphatic carbocycles. The normalized spacial score (nSPS) is 17.1. The van der Waals surface area contributed by atoms with E-state index in [1.54, 1.807) is 48.8 Å². The van der Waals surface area contributed by atoms with Crippen molar-refractivity contribution in [3.8, 4) is 0 Å². The summed E-state index contributed by atoms with van der Waals surface area (Å²) in [4.78, 5) is 28.2. The third kappa shape index (κ3) is 5.18. The molecular weight excluding hydrogens is 392 g/mol. The highest BCUT2D eigenvalue weighted by Crippen LogP contribution is 2.25. The number of hydrogen-bond acceptors (Lipinski definition) is 5. The lowest BCUT2D eigenvalue weighted by Gasteiger charge is -2.24. The van der Waals surface area contributed by atoms with Crippen molar-refractivity contribution in [3.63, 3.8) is 0 Å². The molecule has 2 N–H and O–H groups in total. The third-order valence-corrected chi connectivity index (χ3v) is 6.80. The molecule has 0 radical (unpaired) electrons. The number of nitrogens with zero attached hydrogens (tertiary/aromatic N) is 2. The molecule has 1 aliphatic rings. The summed E-state index contributed by atoms with van der Waals surface area (Å²) in [6.45, 7) is 2.57. The van der Waals surface area contributed by atoms with Crippen molar-refractivity contribution in [2.45, 2.75) is 37.2 Å². The molecule has 154 valence electrons. The van der Waals surface area contributed by atoms with E-state index in [1.165, 1.54) is 4.31 Å². The molecule has 0 saturated carbocycles. The van der Waals surface area contributed by atoms with E-state index in [1.807, 2.05) is 6.92 Å². The number of hydrogen-bond donors (Lipinski definition) is 2. The van der Waals surface area contributed by atoms with Gasteiger partial charge in [-0.3, -0.25) is 14.6 Å². The maximum atomic E-state index is 12.9. The number of aryl methyl sites for hydroxylation is 1. The molecule has 0 unspecified atom stereocenters. The zero-order valence-corrected chi connectivity index (χ0v) is 17.0. The standard InChI is InChI=1S/C20H24N4O4S/c1-15-6-8-18(9-7-15)29(27,28)24-11-3-5-17(24)14-23-20(26)19(25)22-13-16-4-2-10-21-12-16/h2,4,6-10,12,17H,3,5,11,13-14H2,1H3,(H,22,25)(H,23,26)/t17-/m1/s1.